The van der Waals surface area contributed by atoms with Gasteiger partial charge in [0.05, 0.1) is 25.3 Å². The molecule has 0 amide bonds. The molecule has 0 radical (unpaired) electrons. The normalized spacial score (nSPS) is 11.2. The minimum absolute atomic E-state index is 0.420. The first-order chi connectivity index (χ1) is 12.6. The Morgan fingerprint density at radius 1 is 0.923 bits per heavy atom. The number of aromatic nitrogens is 3. The van der Waals surface area contributed by atoms with Gasteiger partial charge in [0.1, 0.15) is 17.0 Å². The highest BCUT2D eigenvalue weighted by Gasteiger charge is 2.16. The van der Waals surface area contributed by atoms with Crippen molar-refractivity contribution < 1.29 is 9.47 Å². The zero-order valence-corrected chi connectivity index (χ0v) is 14.3. The lowest BCUT2D eigenvalue weighted by Crippen LogP contribution is -2.23. The van der Waals surface area contributed by atoms with E-state index in [0.29, 0.717) is 23.3 Å². The molecule has 7 heteroatoms. The van der Waals surface area contributed by atoms with Gasteiger partial charge in [-0.1, -0.05) is 12.1 Å². The summed E-state index contributed by atoms with van der Waals surface area (Å²) < 4.78 is 12.4. The fourth-order valence-corrected chi connectivity index (χ4v) is 3.21. The third-order valence-electron chi connectivity index (χ3n) is 4.45. The maximum Gasteiger partial charge on any atom is 0.326 e. The van der Waals surface area contributed by atoms with Gasteiger partial charge in [-0.15, -0.1) is 0 Å². The fourth-order valence-electron chi connectivity index (χ4n) is 3.21. The largest absolute Gasteiger partial charge is 0.497 e. The van der Waals surface area contributed by atoms with Crippen LogP contribution in [0.5, 0.6) is 11.5 Å². The summed E-state index contributed by atoms with van der Waals surface area (Å²) >= 11 is 0. The minimum Gasteiger partial charge on any atom is -0.497 e. The Labute approximate surface area is 147 Å². The maximum absolute atomic E-state index is 12.5. The van der Waals surface area contributed by atoms with Gasteiger partial charge >= 0.3 is 5.69 Å². The van der Waals surface area contributed by atoms with Crippen LogP contribution >= 0.6 is 0 Å². The Morgan fingerprint density at radius 2 is 1.62 bits per heavy atom. The molecule has 0 aliphatic rings. The molecule has 0 aliphatic carbocycles. The lowest BCUT2D eigenvalue weighted by atomic mass is 10.2. The van der Waals surface area contributed by atoms with Gasteiger partial charge in [-0.25, -0.2) is 4.79 Å². The van der Waals surface area contributed by atoms with Crippen LogP contribution in [0.3, 0.4) is 0 Å². The van der Waals surface area contributed by atoms with E-state index in [4.69, 9.17) is 9.47 Å². The summed E-state index contributed by atoms with van der Waals surface area (Å²) in [5, 5.41) is 0.760. The molecule has 0 unspecified atom stereocenters. The van der Waals surface area contributed by atoms with Gasteiger partial charge in [-0.05, 0) is 35.9 Å². The van der Waals surface area contributed by atoms with Gasteiger partial charge in [0, 0.05) is 11.9 Å². The highest BCUT2D eigenvalue weighted by molar-refractivity contribution is 6.05. The van der Waals surface area contributed by atoms with Crippen LogP contribution in [-0.4, -0.2) is 28.8 Å². The van der Waals surface area contributed by atoms with E-state index in [1.165, 1.54) is 0 Å². The van der Waals surface area contributed by atoms with Crippen molar-refractivity contribution in [3.05, 3.63) is 68.9 Å². The third kappa shape index (κ3) is 2.54. The Hall–Kier alpha value is -3.48. The molecule has 0 bridgehead atoms. The fraction of sp³-hybridized carbons (Fsp3) is 0.158. The van der Waals surface area contributed by atoms with E-state index >= 15 is 0 Å². The van der Waals surface area contributed by atoms with E-state index in [9.17, 15) is 9.59 Å². The topological polar surface area (TPSA) is 89.1 Å². The molecule has 26 heavy (non-hydrogen) atoms. The SMILES string of the molecule is COc1ccc(Cn2c3ccc(OC)cc3c3[nH]c(=O)[nH]c(=O)c32)cc1. The highest BCUT2D eigenvalue weighted by atomic mass is 16.5. The van der Waals surface area contributed by atoms with Crippen LogP contribution in [0.4, 0.5) is 0 Å². The zero-order chi connectivity index (χ0) is 18.3. The van der Waals surface area contributed by atoms with Crippen molar-refractivity contribution in [3.8, 4) is 11.5 Å². The monoisotopic (exact) mass is 351 g/mol. The highest BCUT2D eigenvalue weighted by Crippen LogP contribution is 2.29. The maximum atomic E-state index is 12.5. The number of benzene rings is 2. The van der Waals surface area contributed by atoms with E-state index in [2.05, 4.69) is 9.97 Å². The summed E-state index contributed by atoms with van der Waals surface area (Å²) in [5.41, 5.74) is 1.81. The van der Waals surface area contributed by atoms with Gasteiger partial charge < -0.3 is 19.0 Å². The summed E-state index contributed by atoms with van der Waals surface area (Å²) in [7, 11) is 3.19. The number of hydrogen-bond acceptors (Lipinski definition) is 4. The molecule has 0 fully saturated rings. The zero-order valence-electron chi connectivity index (χ0n) is 14.3. The number of nitrogens with zero attached hydrogens (tertiary/aromatic N) is 1. The number of ether oxygens (including phenoxy) is 2. The molecule has 0 spiro atoms. The summed E-state index contributed by atoms with van der Waals surface area (Å²) in [6.07, 6.45) is 0. The molecular weight excluding hydrogens is 334 g/mol. The van der Waals surface area contributed by atoms with Crippen molar-refractivity contribution in [2.24, 2.45) is 0 Å². The van der Waals surface area contributed by atoms with Crippen molar-refractivity contribution in [2.75, 3.05) is 14.2 Å². The van der Waals surface area contributed by atoms with E-state index < -0.39 is 11.2 Å². The first-order valence-electron chi connectivity index (χ1n) is 8.06. The smallest absolute Gasteiger partial charge is 0.326 e. The molecular formula is C19H17N3O4. The van der Waals surface area contributed by atoms with Gasteiger partial charge in [-0.3, -0.25) is 9.78 Å². The molecule has 0 saturated heterocycles. The second-order valence-electron chi connectivity index (χ2n) is 5.95. The molecule has 4 aromatic rings. The number of rotatable bonds is 4. The molecule has 0 saturated carbocycles. The van der Waals surface area contributed by atoms with Gasteiger partial charge in [0.25, 0.3) is 5.56 Å². The Balaban J connectivity index is 1.99. The number of aromatic amines is 2. The van der Waals surface area contributed by atoms with Crippen LogP contribution in [0.25, 0.3) is 21.9 Å². The molecule has 0 aliphatic heterocycles. The number of nitrogens with one attached hydrogen (secondary N) is 2. The van der Waals surface area contributed by atoms with E-state index in [1.807, 2.05) is 47.0 Å². The van der Waals surface area contributed by atoms with E-state index in [1.54, 1.807) is 14.2 Å². The van der Waals surface area contributed by atoms with Crippen molar-refractivity contribution in [1.82, 2.24) is 14.5 Å². The van der Waals surface area contributed by atoms with Crippen molar-refractivity contribution in [2.45, 2.75) is 6.54 Å². The Bertz CT molecular complexity index is 1220. The van der Waals surface area contributed by atoms with Crippen LogP contribution in [0.15, 0.2) is 52.1 Å². The van der Waals surface area contributed by atoms with Crippen molar-refractivity contribution in [1.29, 1.82) is 0 Å². The molecule has 2 N–H and O–H groups in total. The van der Waals surface area contributed by atoms with Crippen LogP contribution in [-0.2, 0) is 6.54 Å². The predicted molar refractivity (Wildman–Crippen MR) is 99.3 cm³/mol. The second-order valence-corrected chi connectivity index (χ2v) is 5.95. The summed E-state index contributed by atoms with van der Waals surface area (Å²) in [5.74, 6) is 1.42. The quantitative estimate of drug-likeness (QED) is 0.590. The Kier molecular flexibility index (Phi) is 3.76. The molecule has 4 rings (SSSR count). The lowest BCUT2D eigenvalue weighted by Gasteiger charge is -2.08. The van der Waals surface area contributed by atoms with Crippen LogP contribution in [0, 0.1) is 0 Å². The lowest BCUT2D eigenvalue weighted by molar-refractivity contribution is 0.414. The van der Waals surface area contributed by atoms with E-state index in [0.717, 1.165) is 22.2 Å². The first-order valence-corrected chi connectivity index (χ1v) is 8.06. The summed E-state index contributed by atoms with van der Waals surface area (Å²) in [6.45, 7) is 0.478. The number of methoxy groups -OCH3 is 2. The molecule has 2 aromatic carbocycles. The van der Waals surface area contributed by atoms with Crippen LogP contribution < -0.4 is 20.7 Å². The average molecular weight is 351 g/mol. The standard InChI is InChI=1S/C19H17N3O4/c1-25-12-5-3-11(4-6-12)10-22-15-8-7-13(26-2)9-14(15)16-17(22)18(23)21-19(24)20-16/h3-9H,10H2,1-2H3,(H2,20,21,23,24). The third-order valence-corrected chi connectivity index (χ3v) is 4.45. The summed E-state index contributed by atoms with van der Waals surface area (Å²) in [4.78, 5) is 29.3. The predicted octanol–water partition coefficient (Wildman–Crippen LogP) is 2.24. The van der Waals surface area contributed by atoms with Gasteiger partial charge in [0.15, 0.2) is 0 Å². The van der Waals surface area contributed by atoms with Gasteiger partial charge in [0.2, 0.25) is 0 Å². The number of fused-ring (bicyclic) bond motifs is 3. The summed E-state index contributed by atoms with van der Waals surface area (Å²) in [6, 6.07) is 13.2. The average Bonchev–Trinajstić information content (AvgIpc) is 2.95. The molecule has 2 aromatic heterocycles. The number of hydrogen-bond donors (Lipinski definition) is 2. The molecule has 132 valence electrons. The van der Waals surface area contributed by atoms with Gasteiger partial charge in [-0.2, -0.15) is 0 Å². The second kappa shape index (κ2) is 6.11. The molecule has 7 nitrogen and oxygen atoms in total. The van der Waals surface area contributed by atoms with Crippen LogP contribution in [0.2, 0.25) is 0 Å². The van der Waals surface area contributed by atoms with Crippen LogP contribution in [0.1, 0.15) is 5.56 Å². The molecule has 0 atom stereocenters. The Morgan fingerprint density at radius 3 is 2.31 bits per heavy atom. The van der Waals surface area contributed by atoms with E-state index in [-0.39, 0.29) is 0 Å². The minimum atomic E-state index is -0.534. The van der Waals surface area contributed by atoms with Crippen molar-refractivity contribution >= 4 is 21.9 Å². The first kappa shape index (κ1) is 16.0. The molecule has 2 heterocycles. The van der Waals surface area contributed by atoms with Crippen molar-refractivity contribution in [3.63, 3.8) is 0 Å². The number of H-pyrrole nitrogens is 2.